The molecule has 15 heavy (non-hydrogen) atoms. The molecule has 88 valence electrons. The predicted octanol–water partition coefficient (Wildman–Crippen LogP) is 4.89. The van der Waals surface area contributed by atoms with Crippen molar-refractivity contribution in [3.63, 3.8) is 0 Å². The Morgan fingerprint density at radius 1 is 0.733 bits per heavy atom. The zero-order valence-corrected chi connectivity index (χ0v) is 10.8. The van der Waals surface area contributed by atoms with Crippen LogP contribution in [-0.4, -0.2) is 0 Å². The molecule has 0 heterocycles. The van der Waals surface area contributed by atoms with E-state index in [1.54, 1.807) is 0 Å². The smallest absolute Gasteiger partial charge is 0.0383 e. The average Bonchev–Trinajstić information content (AvgIpc) is 2.65. The van der Waals surface area contributed by atoms with E-state index in [0.717, 1.165) is 29.6 Å². The first-order valence-corrected chi connectivity index (χ1v) is 7.16. The highest BCUT2D eigenvalue weighted by Gasteiger charge is 2.32. The van der Waals surface area contributed by atoms with Crippen molar-refractivity contribution in [1.29, 1.82) is 0 Å². The van der Waals surface area contributed by atoms with Crippen LogP contribution in [0.2, 0.25) is 0 Å². The second kappa shape index (κ2) is 4.89. The zero-order valence-electron chi connectivity index (χ0n) is 10.8. The van der Waals surface area contributed by atoms with Gasteiger partial charge in [-0.25, -0.2) is 0 Å². The van der Waals surface area contributed by atoms with E-state index in [4.69, 9.17) is 0 Å². The maximum atomic E-state index is 2.54. The maximum Gasteiger partial charge on any atom is -0.0383 e. The molecule has 0 aromatic heterocycles. The van der Waals surface area contributed by atoms with Crippen molar-refractivity contribution in [1.82, 2.24) is 0 Å². The Balaban J connectivity index is 1.82. The van der Waals surface area contributed by atoms with E-state index < -0.39 is 0 Å². The number of hydrogen-bond acceptors (Lipinski definition) is 0. The zero-order chi connectivity index (χ0) is 10.8. The molecule has 0 aliphatic heterocycles. The summed E-state index contributed by atoms with van der Waals surface area (Å²) in [6, 6.07) is 0. The van der Waals surface area contributed by atoms with Crippen LogP contribution in [0.15, 0.2) is 0 Å². The molecule has 0 aromatic rings. The summed E-state index contributed by atoms with van der Waals surface area (Å²) in [6.45, 7) is 7.41. The molecule has 2 rings (SSSR count). The van der Waals surface area contributed by atoms with E-state index in [1.807, 2.05) is 0 Å². The van der Waals surface area contributed by atoms with Crippen LogP contribution in [0, 0.1) is 29.6 Å². The third kappa shape index (κ3) is 2.77. The predicted molar refractivity (Wildman–Crippen MR) is 66.8 cm³/mol. The van der Waals surface area contributed by atoms with Crippen molar-refractivity contribution >= 4 is 0 Å². The van der Waals surface area contributed by atoms with Gasteiger partial charge in [-0.05, 0) is 55.3 Å². The molecular formula is C15H28. The molecular weight excluding hydrogens is 180 g/mol. The molecule has 0 spiro atoms. The normalized spacial score (nSPS) is 44.2. The fraction of sp³-hybridized carbons (Fsp3) is 1.00. The molecule has 2 fully saturated rings. The molecule has 0 bridgehead atoms. The Kier molecular flexibility index (Phi) is 3.74. The average molecular weight is 208 g/mol. The second-order valence-electron chi connectivity index (χ2n) is 6.56. The summed E-state index contributed by atoms with van der Waals surface area (Å²) in [6.07, 6.45) is 10.6. The topological polar surface area (TPSA) is 0 Å². The standard InChI is InChI=1S/C15H28/c1-11-4-7-14(8-5-11)13(3)15-9-6-12(2)10-15/h11-15H,4-10H2,1-3H3. The molecule has 2 aliphatic rings. The molecule has 0 N–H and O–H groups in total. The van der Waals surface area contributed by atoms with Crippen LogP contribution >= 0.6 is 0 Å². The molecule has 0 saturated heterocycles. The van der Waals surface area contributed by atoms with Crippen LogP contribution in [0.5, 0.6) is 0 Å². The minimum Gasteiger partial charge on any atom is -0.0625 e. The molecule has 2 saturated carbocycles. The highest BCUT2D eigenvalue weighted by molar-refractivity contribution is 4.83. The van der Waals surface area contributed by atoms with E-state index in [-0.39, 0.29) is 0 Å². The van der Waals surface area contributed by atoms with Gasteiger partial charge in [0.1, 0.15) is 0 Å². The summed E-state index contributed by atoms with van der Waals surface area (Å²) in [5, 5.41) is 0. The van der Waals surface area contributed by atoms with Crippen LogP contribution in [0.4, 0.5) is 0 Å². The van der Waals surface area contributed by atoms with Gasteiger partial charge in [-0.15, -0.1) is 0 Å². The molecule has 0 nitrogen and oxygen atoms in total. The molecule has 0 aromatic carbocycles. The van der Waals surface area contributed by atoms with Crippen molar-refractivity contribution < 1.29 is 0 Å². The Bertz CT molecular complexity index is 188. The van der Waals surface area contributed by atoms with Crippen LogP contribution in [0.3, 0.4) is 0 Å². The minimum absolute atomic E-state index is 1.01. The van der Waals surface area contributed by atoms with Crippen molar-refractivity contribution in [2.75, 3.05) is 0 Å². The van der Waals surface area contributed by atoms with Gasteiger partial charge in [0, 0.05) is 0 Å². The lowest BCUT2D eigenvalue weighted by atomic mass is 9.72. The molecule has 0 amide bonds. The fourth-order valence-electron chi connectivity index (χ4n) is 3.93. The third-order valence-electron chi connectivity index (χ3n) is 5.28. The summed E-state index contributed by atoms with van der Waals surface area (Å²) < 4.78 is 0. The Hall–Kier alpha value is 0. The van der Waals surface area contributed by atoms with Crippen molar-refractivity contribution in [3.05, 3.63) is 0 Å². The first-order chi connectivity index (χ1) is 7.16. The van der Waals surface area contributed by atoms with Gasteiger partial charge in [0.15, 0.2) is 0 Å². The first-order valence-electron chi connectivity index (χ1n) is 7.16. The van der Waals surface area contributed by atoms with Crippen molar-refractivity contribution in [3.8, 4) is 0 Å². The largest absolute Gasteiger partial charge is 0.0625 e. The highest BCUT2D eigenvalue weighted by atomic mass is 14.4. The van der Waals surface area contributed by atoms with E-state index in [0.29, 0.717) is 0 Å². The summed E-state index contributed by atoms with van der Waals surface area (Å²) in [5.41, 5.74) is 0. The van der Waals surface area contributed by atoms with Crippen LogP contribution < -0.4 is 0 Å². The maximum absolute atomic E-state index is 2.54. The quantitative estimate of drug-likeness (QED) is 0.606. The summed E-state index contributed by atoms with van der Waals surface area (Å²) in [4.78, 5) is 0. The molecule has 3 unspecified atom stereocenters. The Morgan fingerprint density at radius 3 is 1.80 bits per heavy atom. The van der Waals surface area contributed by atoms with Crippen LogP contribution in [0.25, 0.3) is 0 Å². The van der Waals surface area contributed by atoms with E-state index in [9.17, 15) is 0 Å². The lowest BCUT2D eigenvalue weighted by Crippen LogP contribution is -2.23. The molecule has 0 radical (unpaired) electrons. The minimum atomic E-state index is 1.01. The van der Waals surface area contributed by atoms with Gasteiger partial charge in [0.25, 0.3) is 0 Å². The van der Waals surface area contributed by atoms with Gasteiger partial charge < -0.3 is 0 Å². The van der Waals surface area contributed by atoms with E-state index in [1.165, 1.54) is 44.9 Å². The van der Waals surface area contributed by atoms with Crippen molar-refractivity contribution in [2.24, 2.45) is 29.6 Å². The summed E-state index contributed by atoms with van der Waals surface area (Å²) in [7, 11) is 0. The van der Waals surface area contributed by atoms with Gasteiger partial charge in [-0.3, -0.25) is 0 Å². The van der Waals surface area contributed by atoms with Crippen LogP contribution in [0.1, 0.15) is 65.7 Å². The lowest BCUT2D eigenvalue weighted by Gasteiger charge is -2.34. The van der Waals surface area contributed by atoms with Gasteiger partial charge in [-0.2, -0.15) is 0 Å². The van der Waals surface area contributed by atoms with E-state index in [2.05, 4.69) is 20.8 Å². The lowest BCUT2D eigenvalue weighted by molar-refractivity contribution is 0.170. The van der Waals surface area contributed by atoms with Gasteiger partial charge in [0.05, 0.1) is 0 Å². The molecule has 3 atom stereocenters. The van der Waals surface area contributed by atoms with Crippen molar-refractivity contribution in [2.45, 2.75) is 65.7 Å². The summed E-state index contributed by atoms with van der Waals surface area (Å²) >= 11 is 0. The highest BCUT2D eigenvalue weighted by Crippen LogP contribution is 2.43. The van der Waals surface area contributed by atoms with Gasteiger partial charge >= 0.3 is 0 Å². The molecule has 0 heteroatoms. The van der Waals surface area contributed by atoms with Crippen LogP contribution in [-0.2, 0) is 0 Å². The Morgan fingerprint density at radius 2 is 1.27 bits per heavy atom. The van der Waals surface area contributed by atoms with Gasteiger partial charge in [-0.1, -0.05) is 40.0 Å². The fourth-order valence-corrected chi connectivity index (χ4v) is 3.93. The number of hydrogen-bond donors (Lipinski definition) is 0. The molecule has 2 aliphatic carbocycles. The third-order valence-corrected chi connectivity index (χ3v) is 5.28. The SMILES string of the molecule is CC1CCC(C(C)C2CCC(C)C2)CC1. The second-order valence-corrected chi connectivity index (χ2v) is 6.56. The monoisotopic (exact) mass is 208 g/mol. The summed E-state index contributed by atoms with van der Waals surface area (Å²) in [5.74, 6) is 5.17. The number of rotatable bonds is 2. The van der Waals surface area contributed by atoms with Gasteiger partial charge in [0.2, 0.25) is 0 Å². The van der Waals surface area contributed by atoms with E-state index >= 15 is 0 Å². The first kappa shape index (κ1) is 11.5. The Labute approximate surface area is 95.8 Å².